The van der Waals surface area contributed by atoms with E-state index in [0.29, 0.717) is 28.6 Å². The van der Waals surface area contributed by atoms with Crippen molar-refractivity contribution in [2.45, 2.75) is 64.2 Å². The number of carbonyl (C=O) groups is 1. The van der Waals surface area contributed by atoms with Crippen LogP contribution in [-0.4, -0.2) is 5.97 Å². The smallest absolute Gasteiger partial charge is 0.343 e. The van der Waals surface area contributed by atoms with E-state index in [-0.39, 0.29) is 5.56 Å². The Morgan fingerprint density at radius 1 is 1.07 bits per heavy atom. The quantitative estimate of drug-likeness (QED) is 0.262. The first-order valence-electron chi connectivity index (χ1n) is 10.9. The number of rotatable bonds is 7. The number of nitrogens with two attached hydrogens (primary N) is 2. The van der Waals surface area contributed by atoms with Crippen molar-refractivity contribution < 1.29 is 9.53 Å². The molecule has 5 heteroatoms. The summed E-state index contributed by atoms with van der Waals surface area (Å²) in [6, 6.07) is 12.3. The Labute approximate surface area is 179 Å². The summed E-state index contributed by atoms with van der Waals surface area (Å²) in [4.78, 5) is 12.4. The number of hydrogen-bond donors (Lipinski definition) is 2. The highest BCUT2D eigenvalue weighted by atomic mass is 16.5. The summed E-state index contributed by atoms with van der Waals surface area (Å²) in [5.41, 5.74) is 14.2. The molecular weight excluding hydrogens is 374 g/mol. The summed E-state index contributed by atoms with van der Waals surface area (Å²) >= 11 is 0. The molecule has 1 aliphatic rings. The van der Waals surface area contributed by atoms with Gasteiger partial charge in [0.15, 0.2) is 0 Å². The predicted octanol–water partition coefficient (Wildman–Crippen LogP) is 5.80. The maximum absolute atomic E-state index is 12.4. The van der Waals surface area contributed by atoms with Crippen molar-refractivity contribution in [1.29, 1.82) is 5.26 Å². The maximum Gasteiger partial charge on any atom is 0.343 e. The minimum atomic E-state index is -0.543. The van der Waals surface area contributed by atoms with Gasteiger partial charge in [0.05, 0.1) is 17.2 Å². The lowest BCUT2D eigenvalue weighted by Crippen LogP contribution is -2.14. The van der Waals surface area contributed by atoms with Crippen LogP contribution in [0, 0.1) is 17.2 Å². The molecule has 0 radical (unpaired) electrons. The first kappa shape index (κ1) is 21.7. The van der Waals surface area contributed by atoms with Crippen molar-refractivity contribution in [3.05, 3.63) is 53.1 Å². The number of nitrogen functional groups attached to an aromatic ring is 2. The number of ether oxygens (including phenoxy) is 1. The van der Waals surface area contributed by atoms with E-state index in [4.69, 9.17) is 16.2 Å². The Morgan fingerprint density at radius 2 is 1.77 bits per heavy atom. The molecule has 0 atom stereocenters. The average molecular weight is 406 g/mol. The van der Waals surface area contributed by atoms with Gasteiger partial charge < -0.3 is 16.2 Å². The van der Waals surface area contributed by atoms with E-state index >= 15 is 0 Å². The maximum atomic E-state index is 12.4. The van der Waals surface area contributed by atoms with Crippen LogP contribution >= 0.6 is 0 Å². The number of nitrogens with zero attached hydrogens (tertiary/aromatic N) is 1. The SMILES string of the molecule is CCCCCC1CCC(c2ccc(OC(=O)c3cc(N)cc(N)c3)cc2C#N)CC1. The fourth-order valence-corrected chi connectivity index (χ4v) is 4.46. The number of anilines is 2. The van der Waals surface area contributed by atoms with Crippen LogP contribution in [0.4, 0.5) is 11.4 Å². The third-order valence-corrected chi connectivity index (χ3v) is 6.07. The standard InChI is InChI=1S/C25H31N3O2/c1-2-3-4-5-17-6-8-18(9-7-17)24-11-10-23(14-20(24)16-26)30-25(29)19-12-21(27)15-22(28)13-19/h10-15,17-18H,2-9,27-28H2,1H3. The van der Waals surface area contributed by atoms with Crippen LogP contribution in [-0.2, 0) is 0 Å². The molecule has 3 rings (SSSR count). The number of hydrogen-bond acceptors (Lipinski definition) is 5. The molecule has 0 unspecified atom stereocenters. The molecular formula is C25H31N3O2. The highest BCUT2D eigenvalue weighted by Gasteiger charge is 2.24. The second-order valence-electron chi connectivity index (χ2n) is 8.35. The van der Waals surface area contributed by atoms with E-state index < -0.39 is 5.97 Å². The zero-order chi connectivity index (χ0) is 21.5. The Kier molecular flexibility index (Phi) is 7.35. The highest BCUT2D eigenvalue weighted by molar-refractivity contribution is 5.93. The number of carbonyl (C=O) groups excluding carboxylic acids is 1. The van der Waals surface area contributed by atoms with Gasteiger partial charge in [0.1, 0.15) is 5.75 Å². The van der Waals surface area contributed by atoms with Crippen molar-refractivity contribution in [2.24, 2.45) is 5.92 Å². The second-order valence-corrected chi connectivity index (χ2v) is 8.35. The molecule has 5 nitrogen and oxygen atoms in total. The molecule has 0 amide bonds. The Hall–Kier alpha value is -3.00. The minimum Gasteiger partial charge on any atom is -0.423 e. The van der Waals surface area contributed by atoms with E-state index in [9.17, 15) is 10.1 Å². The largest absolute Gasteiger partial charge is 0.423 e. The van der Waals surface area contributed by atoms with E-state index in [2.05, 4.69) is 13.0 Å². The van der Waals surface area contributed by atoms with E-state index in [1.807, 2.05) is 6.07 Å². The summed E-state index contributed by atoms with van der Waals surface area (Å²) in [6.45, 7) is 2.24. The number of esters is 1. The molecule has 1 saturated carbocycles. The molecule has 30 heavy (non-hydrogen) atoms. The van der Waals surface area contributed by atoms with Gasteiger partial charge in [-0.1, -0.05) is 38.7 Å². The van der Waals surface area contributed by atoms with Gasteiger partial charge in [0.2, 0.25) is 0 Å². The van der Waals surface area contributed by atoms with Gasteiger partial charge in [-0.15, -0.1) is 0 Å². The molecule has 0 aliphatic heterocycles. The van der Waals surface area contributed by atoms with Gasteiger partial charge in [0.25, 0.3) is 0 Å². The molecule has 0 spiro atoms. The zero-order valence-electron chi connectivity index (χ0n) is 17.7. The van der Waals surface area contributed by atoms with Crippen molar-refractivity contribution in [2.75, 3.05) is 11.5 Å². The summed E-state index contributed by atoms with van der Waals surface area (Å²) in [5.74, 6) is 1.04. The summed E-state index contributed by atoms with van der Waals surface area (Å²) in [5, 5.41) is 9.67. The molecule has 158 valence electrons. The topological polar surface area (TPSA) is 102 Å². The van der Waals surface area contributed by atoms with Gasteiger partial charge in [-0.2, -0.15) is 5.26 Å². The minimum absolute atomic E-state index is 0.288. The Bertz CT molecular complexity index is 904. The number of benzene rings is 2. The number of nitriles is 1. The molecule has 0 saturated heterocycles. The van der Waals surface area contributed by atoms with E-state index in [1.165, 1.54) is 50.7 Å². The van der Waals surface area contributed by atoms with Gasteiger partial charge >= 0.3 is 5.97 Å². The third-order valence-electron chi connectivity index (χ3n) is 6.07. The molecule has 1 fully saturated rings. The first-order valence-corrected chi connectivity index (χ1v) is 10.9. The molecule has 2 aromatic rings. The zero-order valence-corrected chi connectivity index (χ0v) is 17.7. The van der Waals surface area contributed by atoms with Crippen LogP contribution in [0.5, 0.6) is 5.75 Å². The van der Waals surface area contributed by atoms with Crippen molar-refractivity contribution in [1.82, 2.24) is 0 Å². The molecule has 0 heterocycles. The Morgan fingerprint density at radius 3 is 2.40 bits per heavy atom. The lowest BCUT2D eigenvalue weighted by atomic mass is 9.76. The van der Waals surface area contributed by atoms with Crippen molar-refractivity contribution in [3.63, 3.8) is 0 Å². The molecule has 1 aliphatic carbocycles. The van der Waals surface area contributed by atoms with Crippen LogP contribution in [0.1, 0.15) is 85.7 Å². The Balaban J connectivity index is 1.65. The fourth-order valence-electron chi connectivity index (χ4n) is 4.46. The second kappa shape index (κ2) is 10.2. The van der Waals surface area contributed by atoms with Gasteiger partial charge in [0, 0.05) is 11.4 Å². The van der Waals surface area contributed by atoms with Crippen molar-refractivity contribution in [3.8, 4) is 11.8 Å². The van der Waals surface area contributed by atoms with Crippen molar-refractivity contribution >= 4 is 17.3 Å². The third kappa shape index (κ3) is 5.54. The molecule has 2 aromatic carbocycles. The average Bonchev–Trinajstić information content (AvgIpc) is 2.73. The van der Waals surface area contributed by atoms with Gasteiger partial charge in [-0.25, -0.2) is 4.79 Å². The van der Waals surface area contributed by atoms with Crippen LogP contribution in [0.25, 0.3) is 0 Å². The van der Waals surface area contributed by atoms with E-state index in [1.54, 1.807) is 18.2 Å². The number of unbranched alkanes of at least 4 members (excludes halogenated alkanes) is 2. The fraction of sp³-hybridized carbons (Fsp3) is 0.440. The summed E-state index contributed by atoms with van der Waals surface area (Å²) < 4.78 is 5.47. The monoisotopic (exact) mass is 405 g/mol. The first-order chi connectivity index (χ1) is 14.5. The normalized spacial score (nSPS) is 18.5. The lowest BCUT2D eigenvalue weighted by Gasteiger charge is -2.29. The lowest BCUT2D eigenvalue weighted by molar-refractivity contribution is 0.0735. The van der Waals surface area contributed by atoms with Crippen LogP contribution in [0.2, 0.25) is 0 Å². The van der Waals surface area contributed by atoms with E-state index in [0.717, 1.165) is 24.3 Å². The molecule has 0 bridgehead atoms. The van der Waals surface area contributed by atoms with Crippen LogP contribution in [0.3, 0.4) is 0 Å². The van der Waals surface area contributed by atoms with Crippen LogP contribution in [0.15, 0.2) is 36.4 Å². The van der Waals surface area contributed by atoms with Gasteiger partial charge in [-0.05, 0) is 73.4 Å². The highest BCUT2D eigenvalue weighted by Crippen LogP contribution is 2.39. The summed E-state index contributed by atoms with van der Waals surface area (Å²) in [6.07, 6.45) is 9.94. The molecule has 4 N–H and O–H groups in total. The summed E-state index contributed by atoms with van der Waals surface area (Å²) in [7, 11) is 0. The van der Waals surface area contributed by atoms with Crippen LogP contribution < -0.4 is 16.2 Å². The molecule has 0 aromatic heterocycles. The van der Waals surface area contributed by atoms with Gasteiger partial charge in [-0.3, -0.25) is 0 Å². The predicted molar refractivity (Wildman–Crippen MR) is 120 cm³/mol.